The molecule has 0 fully saturated rings. The number of H-pyrrole nitrogens is 1. The molecule has 0 spiro atoms. The number of carbonyl (C=O) groups excluding carboxylic acids is 1. The highest BCUT2D eigenvalue weighted by Gasteiger charge is 2.22. The van der Waals surface area contributed by atoms with E-state index >= 15 is 0 Å². The summed E-state index contributed by atoms with van der Waals surface area (Å²) in [5.41, 5.74) is 9.65. The van der Waals surface area contributed by atoms with Gasteiger partial charge in [-0.25, -0.2) is 14.5 Å². The molecule has 34 heavy (non-hydrogen) atoms. The van der Waals surface area contributed by atoms with Crippen LogP contribution in [0.15, 0.2) is 55.0 Å². The Hall–Kier alpha value is -4.09. The number of nitrogens with zero attached hydrogens (tertiary/aromatic N) is 5. The van der Waals surface area contributed by atoms with Crippen molar-refractivity contribution in [1.29, 1.82) is 0 Å². The topological polar surface area (TPSA) is 136 Å². The van der Waals surface area contributed by atoms with E-state index in [1.54, 1.807) is 0 Å². The third kappa shape index (κ3) is 4.38. The van der Waals surface area contributed by atoms with Crippen molar-refractivity contribution in [2.24, 2.45) is 5.73 Å². The molecule has 4 heterocycles. The van der Waals surface area contributed by atoms with Crippen molar-refractivity contribution < 1.29 is 9.53 Å². The summed E-state index contributed by atoms with van der Waals surface area (Å²) in [5.74, 6) is 0.970. The van der Waals surface area contributed by atoms with E-state index in [9.17, 15) is 4.79 Å². The molecule has 4 N–H and O–H groups in total. The van der Waals surface area contributed by atoms with Gasteiger partial charge < -0.3 is 15.8 Å². The van der Waals surface area contributed by atoms with Crippen LogP contribution < -0.4 is 15.8 Å². The molecular weight excluding hydrogens is 452 g/mol. The Balaban J connectivity index is 1.51. The zero-order valence-corrected chi connectivity index (χ0v) is 19.2. The Bertz CT molecular complexity index is 1430. The van der Waals surface area contributed by atoms with Crippen molar-refractivity contribution in [3.8, 4) is 38.3 Å². The number of pyridine rings is 1. The number of carbonyl (C=O) groups is 1. The van der Waals surface area contributed by atoms with Gasteiger partial charge >= 0.3 is 0 Å². The molecule has 10 nitrogen and oxygen atoms in total. The quantitative estimate of drug-likeness (QED) is 0.279. The number of aryl methyl sites for hydroxylation is 1. The molecule has 0 aliphatic heterocycles. The SMILES string of the molecule is Cc1nn2ccc(OCCNCC(N)=O)cc2c1-c1nc(-c2ccccc2)c(-c2ncn[nH]2)s1. The van der Waals surface area contributed by atoms with Crippen LogP contribution in [0.5, 0.6) is 5.75 Å². The van der Waals surface area contributed by atoms with Gasteiger partial charge in [-0.15, -0.1) is 11.3 Å². The van der Waals surface area contributed by atoms with E-state index in [1.807, 2.05) is 60.1 Å². The van der Waals surface area contributed by atoms with Crippen LogP contribution in [0.3, 0.4) is 0 Å². The zero-order valence-electron chi connectivity index (χ0n) is 18.4. The van der Waals surface area contributed by atoms with Crippen LogP contribution in [0, 0.1) is 6.92 Å². The van der Waals surface area contributed by atoms with Gasteiger partial charge in [-0.2, -0.15) is 10.2 Å². The van der Waals surface area contributed by atoms with Crippen molar-refractivity contribution in [2.45, 2.75) is 6.92 Å². The maximum atomic E-state index is 10.8. The summed E-state index contributed by atoms with van der Waals surface area (Å²) in [7, 11) is 0. The average molecular weight is 475 g/mol. The summed E-state index contributed by atoms with van der Waals surface area (Å²) in [6.45, 7) is 2.99. The largest absolute Gasteiger partial charge is 0.492 e. The summed E-state index contributed by atoms with van der Waals surface area (Å²) >= 11 is 1.54. The molecule has 0 aliphatic carbocycles. The Morgan fingerprint density at radius 2 is 2.12 bits per heavy atom. The Labute approximate surface area is 198 Å². The van der Waals surface area contributed by atoms with Gasteiger partial charge in [0.15, 0.2) is 5.82 Å². The summed E-state index contributed by atoms with van der Waals surface area (Å²) < 4.78 is 7.68. The monoisotopic (exact) mass is 474 g/mol. The van der Waals surface area contributed by atoms with Gasteiger partial charge in [0.25, 0.3) is 0 Å². The fourth-order valence-corrected chi connectivity index (χ4v) is 4.78. The molecular formula is C23H22N8O2S. The highest BCUT2D eigenvalue weighted by atomic mass is 32.1. The van der Waals surface area contributed by atoms with Crippen LogP contribution in [0.1, 0.15) is 5.69 Å². The fraction of sp³-hybridized carbons (Fsp3) is 0.174. The summed E-state index contributed by atoms with van der Waals surface area (Å²) in [4.78, 5) is 21.1. The molecule has 5 rings (SSSR count). The molecule has 0 saturated heterocycles. The fourth-order valence-electron chi connectivity index (χ4n) is 3.65. The number of thiazole rings is 1. The second kappa shape index (κ2) is 9.41. The number of hydrogen-bond donors (Lipinski definition) is 3. The Kier molecular flexibility index (Phi) is 6.02. The number of nitrogens with one attached hydrogen (secondary N) is 2. The van der Waals surface area contributed by atoms with Gasteiger partial charge in [0.05, 0.1) is 33.9 Å². The van der Waals surface area contributed by atoms with E-state index in [4.69, 9.17) is 15.5 Å². The second-order valence-electron chi connectivity index (χ2n) is 7.54. The van der Waals surface area contributed by atoms with Gasteiger partial charge in [-0.3, -0.25) is 9.89 Å². The number of nitrogens with two attached hydrogens (primary N) is 1. The first-order chi connectivity index (χ1) is 16.6. The molecule has 5 aromatic rings. The lowest BCUT2D eigenvalue weighted by atomic mass is 10.1. The minimum absolute atomic E-state index is 0.121. The standard InChI is InChI=1S/C23H22N8O2S/c1-14-19(17-11-16(7-9-31(17)30-14)33-10-8-25-12-18(24)32)23-28-20(15-5-3-2-4-6-15)21(34-23)22-26-13-27-29-22/h2-7,9,11,13,25H,8,10,12H2,1H3,(H2,24,32)(H,26,27,29). The molecule has 11 heteroatoms. The molecule has 4 aromatic heterocycles. The Morgan fingerprint density at radius 1 is 1.26 bits per heavy atom. The van der Waals surface area contributed by atoms with Crippen molar-refractivity contribution in [3.63, 3.8) is 0 Å². The molecule has 172 valence electrons. The van der Waals surface area contributed by atoms with Crippen molar-refractivity contribution in [3.05, 3.63) is 60.7 Å². The highest BCUT2D eigenvalue weighted by Crippen LogP contribution is 2.41. The minimum Gasteiger partial charge on any atom is -0.492 e. The summed E-state index contributed by atoms with van der Waals surface area (Å²) in [5, 5.41) is 15.4. The van der Waals surface area contributed by atoms with Gasteiger partial charge in [-0.1, -0.05) is 30.3 Å². The lowest BCUT2D eigenvalue weighted by molar-refractivity contribution is -0.117. The van der Waals surface area contributed by atoms with Gasteiger partial charge in [0.1, 0.15) is 23.7 Å². The van der Waals surface area contributed by atoms with Crippen molar-refractivity contribution in [2.75, 3.05) is 19.7 Å². The lowest BCUT2D eigenvalue weighted by Crippen LogP contribution is -2.31. The van der Waals surface area contributed by atoms with E-state index in [0.717, 1.165) is 37.9 Å². The maximum absolute atomic E-state index is 10.8. The average Bonchev–Trinajstić information content (AvgIpc) is 3.57. The van der Waals surface area contributed by atoms with Gasteiger partial charge in [0.2, 0.25) is 5.91 Å². The van der Waals surface area contributed by atoms with Crippen LogP contribution in [-0.2, 0) is 4.79 Å². The van der Waals surface area contributed by atoms with Crippen molar-refractivity contribution >= 4 is 22.8 Å². The van der Waals surface area contributed by atoms with E-state index in [0.29, 0.717) is 24.7 Å². The third-order valence-electron chi connectivity index (χ3n) is 5.15. The number of fused-ring (bicyclic) bond motifs is 1. The lowest BCUT2D eigenvalue weighted by Gasteiger charge is -2.07. The number of hydrogen-bond acceptors (Lipinski definition) is 8. The molecule has 0 unspecified atom stereocenters. The van der Waals surface area contributed by atoms with Crippen molar-refractivity contribution in [1.82, 2.24) is 35.1 Å². The van der Waals surface area contributed by atoms with Gasteiger partial charge in [-0.05, 0) is 13.0 Å². The van der Waals surface area contributed by atoms with E-state index in [1.165, 1.54) is 17.7 Å². The predicted octanol–water partition coefficient (Wildman–Crippen LogP) is 2.67. The smallest absolute Gasteiger partial charge is 0.231 e. The van der Waals surface area contributed by atoms with E-state index < -0.39 is 5.91 Å². The number of primary amides is 1. The first-order valence-electron chi connectivity index (χ1n) is 10.6. The van der Waals surface area contributed by atoms with Crippen LogP contribution in [0.25, 0.3) is 38.0 Å². The number of ether oxygens (including phenoxy) is 1. The Morgan fingerprint density at radius 3 is 2.88 bits per heavy atom. The molecule has 0 aliphatic rings. The summed E-state index contributed by atoms with van der Waals surface area (Å²) in [6, 6.07) is 13.8. The maximum Gasteiger partial charge on any atom is 0.231 e. The summed E-state index contributed by atoms with van der Waals surface area (Å²) in [6.07, 6.45) is 3.35. The first-order valence-corrected chi connectivity index (χ1v) is 11.4. The minimum atomic E-state index is -0.399. The zero-order chi connectivity index (χ0) is 23.5. The number of aromatic amines is 1. The molecule has 0 atom stereocenters. The van der Waals surface area contributed by atoms with Crippen LogP contribution >= 0.6 is 11.3 Å². The number of rotatable bonds is 9. The molecule has 0 saturated carbocycles. The number of aromatic nitrogens is 6. The third-order valence-corrected chi connectivity index (χ3v) is 6.23. The van der Waals surface area contributed by atoms with E-state index in [2.05, 4.69) is 25.6 Å². The number of amides is 1. The molecule has 1 amide bonds. The molecule has 0 radical (unpaired) electrons. The second-order valence-corrected chi connectivity index (χ2v) is 8.54. The van der Waals surface area contributed by atoms with Crippen LogP contribution in [-0.4, -0.2) is 55.4 Å². The normalized spacial score (nSPS) is 11.2. The number of benzene rings is 1. The predicted molar refractivity (Wildman–Crippen MR) is 129 cm³/mol. The molecule has 1 aromatic carbocycles. The first kappa shape index (κ1) is 21.7. The van der Waals surface area contributed by atoms with E-state index in [-0.39, 0.29) is 6.54 Å². The molecule has 0 bridgehead atoms. The highest BCUT2D eigenvalue weighted by molar-refractivity contribution is 7.19. The van der Waals surface area contributed by atoms with Crippen LogP contribution in [0.4, 0.5) is 0 Å². The van der Waals surface area contributed by atoms with Crippen LogP contribution in [0.2, 0.25) is 0 Å². The van der Waals surface area contributed by atoms with Gasteiger partial charge in [0, 0.05) is 24.4 Å².